The van der Waals surface area contributed by atoms with Gasteiger partial charge < -0.3 is 0 Å². The minimum Gasteiger partial charge on any atom is -0.203 e. The first-order valence-corrected chi connectivity index (χ1v) is 29.0. The fraction of sp³-hybridized carbons (Fsp3) is 0.565. The summed E-state index contributed by atoms with van der Waals surface area (Å²) >= 11 is 0. The predicted molar refractivity (Wildman–Crippen MR) is 304 cm³/mol. The molecule has 410 valence electrons. The van der Waals surface area contributed by atoms with Gasteiger partial charge in [0.1, 0.15) is 0 Å². The smallest absolute Gasteiger partial charge is 0.166 e. The molecule has 0 nitrogen and oxygen atoms in total. The van der Waals surface area contributed by atoms with Crippen LogP contribution in [0, 0.1) is 110 Å². The Bertz CT molecular complexity index is 2480. The van der Waals surface area contributed by atoms with E-state index in [4.69, 9.17) is 0 Å². The van der Waals surface area contributed by atoms with E-state index < -0.39 is 34.9 Å². The lowest BCUT2D eigenvalue weighted by Crippen LogP contribution is -2.25. The molecule has 0 heterocycles. The van der Waals surface area contributed by atoms with Crippen LogP contribution in [-0.2, 0) is 0 Å². The van der Waals surface area contributed by atoms with E-state index in [9.17, 15) is 26.3 Å². The van der Waals surface area contributed by atoms with Crippen molar-refractivity contribution in [1.82, 2.24) is 0 Å². The highest BCUT2D eigenvalue weighted by atomic mass is 19.2. The third-order valence-electron chi connectivity index (χ3n) is 18.7. The van der Waals surface area contributed by atoms with Gasteiger partial charge in [-0.1, -0.05) is 177 Å². The van der Waals surface area contributed by atoms with Gasteiger partial charge in [0.2, 0.25) is 0 Å². The molecule has 6 heteroatoms. The topological polar surface area (TPSA) is 0 Å². The predicted octanol–water partition coefficient (Wildman–Crippen LogP) is 22.1. The Morgan fingerprint density at radius 1 is 0.293 bits per heavy atom. The molecule has 5 saturated carbocycles. The van der Waals surface area contributed by atoms with Crippen LogP contribution in [0.2, 0.25) is 0 Å². The Balaban J connectivity index is 0.000000165. The Labute approximate surface area is 450 Å². The van der Waals surface area contributed by atoms with Crippen molar-refractivity contribution in [2.24, 2.45) is 47.3 Å². The summed E-state index contributed by atoms with van der Waals surface area (Å²) < 4.78 is 82.8. The molecule has 5 aliphatic rings. The van der Waals surface area contributed by atoms with Crippen molar-refractivity contribution in [3.05, 3.63) is 153 Å². The standard InChI is InChI=1S/C20H28F2.C20H22F2.C14H12F2.C14H26.CH4/c2*1-13-3-6-15(7-4-13)16-8-10-17(11-9-16)18-12-5-14(2)19(21)20(18)22;1-9-3-6-11(7-4-9)12-8-5-10(2)13(15)14(12)16;1-11-3-7-13(8-4-11)14-9-5-12(2)6-10-14;/h5,12-13,15-17H,3-4,6-11H2,1-2H3;5,8-13,15H,3-4,6-7H2,1-2H3;3-8H,1-2H3;11-14H,3-10H2,1-2H3;1H4. The number of hydrogen-bond donors (Lipinski definition) is 0. The lowest BCUT2D eigenvalue weighted by atomic mass is 9.68. The fourth-order valence-corrected chi connectivity index (χ4v) is 13.1. The second-order valence-electron chi connectivity index (χ2n) is 24.3. The van der Waals surface area contributed by atoms with E-state index in [0.717, 1.165) is 71.3 Å². The molecule has 5 aromatic carbocycles. The summed E-state index contributed by atoms with van der Waals surface area (Å²) in [5.41, 5.74) is 6.19. The van der Waals surface area contributed by atoms with Gasteiger partial charge in [-0.3, -0.25) is 0 Å². The minimum atomic E-state index is -0.774. The summed E-state index contributed by atoms with van der Waals surface area (Å²) in [5.74, 6) is 4.25. The van der Waals surface area contributed by atoms with Gasteiger partial charge in [0.15, 0.2) is 34.9 Å². The summed E-state index contributed by atoms with van der Waals surface area (Å²) in [4.78, 5) is 0. The number of aryl methyl sites for hydroxylation is 4. The van der Waals surface area contributed by atoms with Gasteiger partial charge in [-0.2, -0.15) is 0 Å². The molecule has 0 unspecified atom stereocenters. The number of halogens is 6. The zero-order chi connectivity index (χ0) is 53.1. The lowest BCUT2D eigenvalue weighted by Gasteiger charge is -2.37. The van der Waals surface area contributed by atoms with Crippen LogP contribution in [0.25, 0.3) is 22.3 Å². The summed E-state index contributed by atoms with van der Waals surface area (Å²) in [6.45, 7) is 16.2. The van der Waals surface area contributed by atoms with Gasteiger partial charge in [0, 0.05) is 11.1 Å². The molecule has 0 spiro atoms. The highest BCUT2D eigenvalue weighted by molar-refractivity contribution is 5.66. The maximum atomic E-state index is 14.2. The first-order valence-electron chi connectivity index (χ1n) is 29.0. The van der Waals surface area contributed by atoms with Gasteiger partial charge in [-0.15, -0.1) is 0 Å². The molecule has 0 bridgehead atoms. The van der Waals surface area contributed by atoms with E-state index in [1.807, 2.05) is 31.2 Å². The normalized spacial score (nSPS) is 26.7. The minimum absolute atomic E-state index is 0. The van der Waals surface area contributed by atoms with Gasteiger partial charge >= 0.3 is 0 Å². The average molecular weight is 1040 g/mol. The molecule has 0 aliphatic heterocycles. The third kappa shape index (κ3) is 16.1. The molecule has 75 heavy (non-hydrogen) atoms. The first kappa shape index (κ1) is 59.9. The third-order valence-corrected chi connectivity index (χ3v) is 18.7. The highest BCUT2D eigenvalue weighted by Crippen LogP contribution is 2.45. The van der Waals surface area contributed by atoms with Crippen molar-refractivity contribution in [2.45, 2.75) is 203 Å². The van der Waals surface area contributed by atoms with Crippen LogP contribution in [0.3, 0.4) is 0 Å². The second kappa shape index (κ2) is 28.3. The van der Waals surface area contributed by atoms with Gasteiger partial charge in [0.25, 0.3) is 0 Å². The molecule has 0 N–H and O–H groups in total. The van der Waals surface area contributed by atoms with Crippen LogP contribution < -0.4 is 0 Å². The summed E-state index contributed by atoms with van der Waals surface area (Å²) in [6.07, 6.45) is 27.2. The van der Waals surface area contributed by atoms with Crippen molar-refractivity contribution in [2.75, 3.05) is 0 Å². The molecule has 0 saturated heterocycles. The fourth-order valence-electron chi connectivity index (χ4n) is 13.1. The van der Waals surface area contributed by atoms with Crippen LogP contribution in [0.1, 0.15) is 209 Å². The van der Waals surface area contributed by atoms with Crippen LogP contribution >= 0.6 is 0 Å². The Hall–Kier alpha value is -4.32. The number of hydrogen-bond acceptors (Lipinski definition) is 0. The van der Waals surface area contributed by atoms with E-state index in [2.05, 4.69) is 39.8 Å². The Morgan fingerprint density at radius 2 is 0.587 bits per heavy atom. The van der Waals surface area contributed by atoms with E-state index in [0.29, 0.717) is 44.9 Å². The van der Waals surface area contributed by atoms with Crippen molar-refractivity contribution >= 4 is 0 Å². The SMILES string of the molecule is C.CC1CCC(C2CCC(C)CC2)CC1.Cc1ccc(-c2ccc(C)c(F)c2F)cc1.Cc1ccc(-c2ccc(C3CCC(C)CC3)cc2)c(F)c1F.Cc1ccc(C2CCC(C3CCC(C)CC3)CC2)c(F)c1F. The summed E-state index contributed by atoms with van der Waals surface area (Å²) in [5, 5.41) is 0. The lowest BCUT2D eigenvalue weighted by molar-refractivity contribution is 0.155. The van der Waals surface area contributed by atoms with E-state index in [1.54, 1.807) is 95.0 Å². The Kier molecular flexibility index (Phi) is 22.6. The second-order valence-corrected chi connectivity index (χ2v) is 24.3. The molecule has 0 radical (unpaired) electrons. The quantitative estimate of drug-likeness (QED) is 0.149. The van der Waals surface area contributed by atoms with Crippen molar-refractivity contribution in [3.63, 3.8) is 0 Å². The van der Waals surface area contributed by atoms with Crippen LogP contribution in [-0.4, -0.2) is 0 Å². The molecule has 0 aromatic heterocycles. The zero-order valence-corrected chi connectivity index (χ0v) is 46.3. The van der Waals surface area contributed by atoms with Crippen LogP contribution in [0.15, 0.2) is 84.9 Å². The molecule has 5 fully saturated rings. The van der Waals surface area contributed by atoms with Gasteiger partial charge in [-0.25, -0.2) is 26.3 Å². The van der Waals surface area contributed by atoms with E-state index in [-0.39, 0.29) is 13.3 Å². The monoisotopic (exact) mass is 1030 g/mol. The van der Waals surface area contributed by atoms with E-state index in [1.165, 1.54) is 95.5 Å². The summed E-state index contributed by atoms with van der Waals surface area (Å²) in [6, 6.07) is 25.4. The van der Waals surface area contributed by atoms with E-state index >= 15 is 0 Å². The molecule has 5 aromatic rings. The zero-order valence-electron chi connectivity index (χ0n) is 46.3. The number of benzene rings is 5. The number of rotatable bonds is 6. The van der Waals surface area contributed by atoms with Gasteiger partial charge in [-0.05, 0) is 203 Å². The Morgan fingerprint density at radius 3 is 0.960 bits per heavy atom. The highest BCUT2D eigenvalue weighted by Gasteiger charge is 2.32. The molecule has 5 aliphatic carbocycles. The van der Waals surface area contributed by atoms with Gasteiger partial charge in [0.05, 0.1) is 0 Å². The molecule has 0 atom stereocenters. The molecule has 0 amide bonds. The average Bonchev–Trinajstić information content (AvgIpc) is 3.41. The summed E-state index contributed by atoms with van der Waals surface area (Å²) in [7, 11) is 0. The maximum absolute atomic E-state index is 14.2. The van der Waals surface area contributed by atoms with Crippen LogP contribution in [0.5, 0.6) is 0 Å². The largest absolute Gasteiger partial charge is 0.203 e. The van der Waals surface area contributed by atoms with Crippen LogP contribution in [0.4, 0.5) is 26.3 Å². The van der Waals surface area contributed by atoms with Crippen molar-refractivity contribution in [3.8, 4) is 22.3 Å². The maximum Gasteiger partial charge on any atom is 0.166 e. The first-order chi connectivity index (χ1) is 35.5. The molecular formula is C69H92F6. The molecule has 10 rings (SSSR count). The van der Waals surface area contributed by atoms with Crippen molar-refractivity contribution < 1.29 is 26.3 Å². The molecular weight excluding hydrogens is 943 g/mol. The van der Waals surface area contributed by atoms with Crippen molar-refractivity contribution in [1.29, 1.82) is 0 Å².